The Balaban J connectivity index is 0.00000256. The third-order valence-electron chi connectivity index (χ3n) is 3.96. The van der Waals surface area contributed by atoms with E-state index in [9.17, 15) is 40.9 Å². The first-order valence-corrected chi connectivity index (χ1v) is 10.6. The van der Waals surface area contributed by atoms with Crippen molar-refractivity contribution in [3.05, 3.63) is 48.0 Å². The molecule has 15 heteroatoms. The molecular weight excluding hydrogens is 486 g/mol. The largest absolute Gasteiger partial charge is 1.00 e. The fourth-order valence-corrected chi connectivity index (χ4v) is 3.77. The van der Waals surface area contributed by atoms with E-state index in [1.807, 2.05) is 0 Å². The second-order valence-corrected chi connectivity index (χ2v) is 8.66. The van der Waals surface area contributed by atoms with Crippen LogP contribution in [-0.2, 0) is 20.2 Å². The minimum absolute atomic E-state index is 0. The standard InChI is InChI=1S/C17H12N2O9S2.2Na/c20-8-9-1-3-11(4-2-9)18-19-16-14(30(26,27)28)6-10-5-12(29(23,24)25)7-13(21)15(10)17(16)22;;/h1-8,21-22H,(H,23,24,25)(H,26,27,28);;/q;2*+1/p-2. The number of carbonyl (C=O) groups is 1. The van der Waals surface area contributed by atoms with Gasteiger partial charge in [0.15, 0.2) is 5.75 Å². The number of hydrogen-bond acceptors (Lipinski definition) is 11. The normalized spacial score (nSPS) is 11.7. The molecular formula is C17H10N2Na2O9S2. The summed E-state index contributed by atoms with van der Waals surface area (Å²) in [6.07, 6.45) is 0.581. The van der Waals surface area contributed by atoms with Gasteiger partial charge < -0.3 is 19.3 Å². The first kappa shape index (κ1) is 28.6. The van der Waals surface area contributed by atoms with E-state index in [2.05, 4.69) is 10.2 Å². The van der Waals surface area contributed by atoms with Crippen molar-refractivity contribution in [3.8, 4) is 11.5 Å². The first-order chi connectivity index (χ1) is 13.9. The summed E-state index contributed by atoms with van der Waals surface area (Å²) in [5.74, 6) is -1.83. The van der Waals surface area contributed by atoms with E-state index < -0.39 is 58.0 Å². The smallest absolute Gasteiger partial charge is 0.744 e. The van der Waals surface area contributed by atoms with Crippen molar-refractivity contribution >= 4 is 48.7 Å². The SMILES string of the molecule is O=Cc1ccc(N=Nc2c(S(=O)(=O)[O-])cc3cc(S(=O)(=O)[O-])cc(O)c3c2O)cc1.[Na+].[Na+]. The number of fused-ring (bicyclic) bond motifs is 1. The summed E-state index contributed by atoms with van der Waals surface area (Å²) < 4.78 is 68.6. The fraction of sp³-hybridized carbons (Fsp3) is 0. The van der Waals surface area contributed by atoms with Crippen LogP contribution in [0, 0.1) is 0 Å². The van der Waals surface area contributed by atoms with E-state index in [0.29, 0.717) is 30.0 Å². The summed E-state index contributed by atoms with van der Waals surface area (Å²) in [5.41, 5.74) is -0.323. The van der Waals surface area contributed by atoms with Gasteiger partial charge in [0.1, 0.15) is 38.0 Å². The van der Waals surface area contributed by atoms with E-state index in [4.69, 9.17) is 0 Å². The molecule has 0 unspecified atom stereocenters. The van der Waals surface area contributed by atoms with Crippen molar-refractivity contribution in [2.24, 2.45) is 10.2 Å². The average molecular weight is 496 g/mol. The van der Waals surface area contributed by atoms with Crippen LogP contribution in [0.2, 0.25) is 0 Å². The van der Waals surface area contributed by atoms with Crippen LogP contribution in [0.3, 0.4) is 0 Å². The number of phenols is 2. The Bertz CT molecular complexity index is 1420. The average Bonchev–Trinajstić information content (AvgIpc) is 2.65. The summed E-state index contributed by atoms with van der Waals surface area (Å²) in [4.78, 5) is 8.72. The maximum Gasteiger partial charge on any atom is 1.00 e. The second-order valence-electron chi connectivity index (χ2n) is 5.93. The molecule has 0 aliphatic carbocycles. The molecule has 156 valence electrons. The van der Waals surface area contributed by atoms with Gasteiger partial charge in [0.25, 0.3) is 0 Å². The molecule has 3 aromatic carbocycles. The van der Waals surface area contributed by atoms with E-state index in [1.165, 1.54) is 24.3 Å². The molecule has 0 bridgehead atoms. The number of rotatable bonds is 5. The summed E-state index contributed by atoms with van der Waals surface area (Å²) in [5, 5.41) is 26.9. The number of benzene rings is 3. The van der Waals surface area contributed by atoms with Gasteiger partial charge in [-0.15, -0.1) is 5.11 Å². The summed E-state index contributed by atoms with van der Waals surface area (Å²) in [6, 6.07) is 7.43. The van der Waals surface area contributed by atoms with Gasteiger partial charge in [0.2, 0.25) is 0 Å². The number of nitrogens with zero attached hydrogens (tertiary/aromatic N) is 2. The molecule has 0 aliphatic heterocycles. The minimum Gasteiger partial charge on any atom is -0.744 e. The third-order valence-corrected chi connectivity index (χ3v) is 5.62. The second kappa shape index (κ2) is 10.7. The van der Waals surface area contributed by atoms with Gasteiger partial charge in [-0.1, -0.05) is 0 Å². The van der Waals surface area contributed by atoms with Gasteiger partial charge in [0.05, 0.1) is 20.9 Å². The Labute approximate surface area is 226 Å². The van der Waals surface area contributed by atoms with Gasteiger partial charge in [0, 0.05) is 5.56 Å². The molecule has 2 N–H and O–H groups in total. The van der Waals surface area contributed by atoms with Crippen molar-refractivity contribution in [3.63, 3.8) is 0 Å². The summed E-state index contributed by atoms with van der Waals surface area (Å²) in [7, 11) is -10.3. The minimum atomic E-state index is -5.24. The predicted molar refractivity (Wildman–Crippen MR) is 99.2 cm³/mol. The van der Waals surface area contributed by atoms with Gasteiger partial charge in [-0.3, -0.25) is 4.79 Å². The Morgan fingerprint density at radius 2 is 1.44 bits per heavy atom. The fourth-order valence-electron chi connectivity index (χ4n) is 2.60. The molecule has 0 heterocycles. The maximum absolute atomic E-state index is 11.7. The quantitative estimate of drug-likeness (QED) is 0.154. The Morgan fingerprint density at radius 3 is 1.94 bits per heavy atom. The topological polar surface area (TPSA) is 197 Å². The zero-order chi connectivity index (χ0) is 22.3. The number of azo groups is 1. The molecule has 0 aromatic heterocycles. The van der Waals surface area contributed by atoms with Gasteiger partial charge in [-0.2, -0.15) is 5.11 Å². The molecule has 32 heavy (non-hydrogen) atoms. The molecule has 0 fully saturated rings. The predicted octanol–water partition coefficient (Wildman–Crippen LogP) is -3.70. The number of phenolic OH excluding ortho intramolecular Hbond substituents is 2. The van der Waals surface area contributed by atoms with Crippen LogP contribution >= 0.6 is 0 Å². The van der Waals surface area contributed by atoms with E-state index in [0.717, 1.165) is 0 Å². The van der Waals surface area contributed by atoms with Crippen LogP contribution in [0.1, 0.15) is 10.4 Å². The van der Waals surface area contributed by atoms with Crippen LogP contribution in [0.15, 0.2) is 62.5 Å². The van der Waals surface area contributed by atoms with Crippen molar-refractivity contribution in [1.29, 1.82) is 0 Å². The van der Waals surface area contributed by atoms with E-state index in [1.54, 1.807) is 0 Å². The zero-order valence-corrected chi connectivity index (χ0v) is 22.2. The van der Waals surface area contributed by atoms with Crippen LogP contribution in [0.4, 0.5) is 11.4 Å². The van der Waals surface area contributed by atoms with E-state index in [-0.39, 0.29) is 64.8 Å². The number of aldehydes is 1. The van der Waals surface area contributed by atoms with Gasteiger partial charge in [-0.05, 0) is 47.9 Å². The molecule has 0 spiro atoms. The first-order valence-electron chi connectivity index (χ1n) is 7.83. The number of aromatic hydroxyl groups is 2. The monoisotopic (exact) mass is 496 g/mol. The van der Waals surface area contributed by atoms with Crippen LogP contribution in [0.25, 0.3) is 10.8 Å². The molecule has 3 aromatic rings. The molecule has 0 radical (unpaired) electrons. The molecule has 11 nitrogen and oxygen atoms in total. The zero-order valence-electron chi connectivity index (χ0n) is 16.6. The summed E-state index contributed by atoms with van der Waals surface area (Å²) >= 11 is 0. The Hall–Kier alpha value is -1.39. The number of hydrogen-bond donors (Lipinski definition) is 2. The van der Waals surface area contributed by atoms with Crippen LogP contribution in [0.5, 0.6) is 11.5 Å². The third kappa shape index (κ3) is 6.14. The molecule has 0 aliphatic rings. The van der Waals surface area contributed by atoms with Crippen molar-refractivity contribution in [1.82, 2.24) is 0 Å². The Morgan fingerprint density at radius 1 is 0.844 bits per heavy atom. The Kier molecular flexibility index (Phi) is 9.57. The maximum atomic E-state index is 11.7. The molecule has 0 saturated heterocycles. The van der Waals surface area contributed by atoms with Gasteiger partial charge in [-0.25, -0.2) is 16.8 Å². The van der Waals surface area contributed by atoms with Crippen molar-refractivity contribution in [2.45, 2.75) is 9.79 Å². The van der Waals surface area contributed by atoms with Crippen molar-refractivity contribution < 1.29 is 100 Å². The summed E-state index contributed by atoms with van der Waals surface area (Å²) in [6.45, 7) is 0. The van der Waals surface area contributed by atoms with E-state index >= 15 is 0 Å². The van der Waals surface area contributed by atoms with Crippen LogP contribution in [-0.4, -0.2) is 42.4 Å². The molecule has 0 amide bonds. The molecule has 0 saturated carbocycles. The van der Waals surface area contributed by atoms with Crippen LogP contribution < -0.4 is 59.1 Å². The molecule has 0 atom stereocenters. The van der Waals surface area contributed by atoms with Crippen molar-refractivity contribution in [2.75, 3.05) is 0 Å². The van der Waals surface area contributed by atoms with Gasteiger partial charge >= 0.3 is 59.1 Å². The number of carbonyl (C=O) groups excluding carboxylic acids is 1. The molecule has 3 rings (SSSR count).